The van der Waals surface area contributed by atoms with Crippen LogP contribution in [0.4, 0.5) is 5.13 Å². The summed E-state index contributed by atoms with van der Waals surface area (Å²) in [5.74, 6) is 0.0804. The van der Waals surface area contributed by atoms with Crippen LogP contribution in [-0.2, 0) is 9.59 Å². The van der Waals surface area contributed by atoms with Gasteiger partial charge in [0.2, 0.25) is 16.9 Å². The molecule has 3 heterocycles. The summed E-state index contributed by atoms with van der Waals surface area (Å²) in [6.45, 7) is 4.90. The zero-order valence-corrected chi connectivity index (χ0v) is 17.2. The number of amides is 2. The summed E-state index contributed by atoms with van der Waals surface area (Å²) in [4.78, 5) is 31.9. The number of hydrogen-bond acceptors (Lipinski definition) is 7. The lowest BCUT2D eigenvalue weighted by Gasteiger charge is -2.38. The molecule has 1 unspecified atom stereocenters. The lowest BCUT2D eigenvalue weighted by Crippen LogP contribution is -2.53. The summed E-state index contributed by atoms with van der Waals surface area (Å²) >= 11 is 1.30. The highest BCUT2D eigenvalue weighted by Gasteiger charge is 2.34. The topological polar surface area (TPSA) is 81.7 Å². The minimum atomic E-state index is -0.203. The van der Waals surface area contributed by atoms with Gasteiger partial charge in [0.1, 0.15) is 11.6 Å². The van der Waals surface area contributed by atoms with Gasteiger partial charge >= 0.3 is 0 Å². The maximum atomic E-state index is 13.4. The van der Waals surface area contributed by atoms with Crippen molar-refractivity contribution in [2.45, 2.75) is 18.9 Å². The second-order valence-corrected chi connectivity index (χ2v) is 8.28. The first-order chi connectivity index (χ1) is 14.2. The van der Waals surface area contributed by atoms with E-state index in [2.05, 4.69) is 37.4 Å². The van der Waals surface area contributed by atoms with Crippen molar-refractivity contribution in [1.82, 2.24) is 24.9 Å². The molecule has 9 heteroatoms. The van der Waals surface area contributed by atoms with Crippen molar-refractivity contribution in [3.8, 4) is 0 Å². The van der Waals surface area contributed by atoms with E-state index in [-0.39, 0.29) is 17.9 Å². The Hall–Kier alpha value is -2.36. The molecule has 1 N–H and O–H groups in total. The number of likely N-dealkylation sites (tertiary alicyclic amines) is 1. The first kappa shape index (κ1) is 19.9. The molecule has 4 rings (SSSR count). The van der Waals surface area contributed by atoms with E-state index in [9.17, 15) is 9.59 Å². The molecule has 8 nitrogen and oxygen atoms in total. The van der Waals surface area contributed by atoms with Crippen LogP contribution in [-0.4, -0.2) is 82.5 Å². The van der Waals surface area contributed by atoms with Crippen molar-refractivity contribution >= 4 is 28.3 Å². The van der Waals surface area contributed by atoms with Gasteiger partial charge in [-0.25, -0.2) is 0 Å². The molecule has 0 saturated carbocycles. The lowest BCUT2D eigenvalue weighted by molar-refractivity contribution is -0.138. The summed E-state index contributed by atoms with van der Waals surface area (Å²) in [7, 11) is 0. The Morgan fingerprint density at radius 2 is 1.76 bits per heavy atom. The van der Waals surface area contributed by atoms with Crippen molar-refractivity contribution < 1.29 is 9.59 Å². The molecule has 2 aromatic rings. The van der Waals surface area contributed by atoms with E-state index in [1.165, 1.54) is 11.3 Å². The SMILES string of the molecule is O=C(CN1CCN(C(=O)C(c2ccccc2)N2CCCC2)CC1)Nc1nncs1. The molecule has 2 fully saturated rings. The summed E-state index contributed by atoms with van der Waals surface area (Å²) in [6, 6.07) is 9.89. The molecule has 154 valence electrons. The van der Waals surface area contributed by atoms with Gasteiger partial charge in [-0.3, -0.25) is 24.7 Å². The molecule has 29 heavy (non-hydrogen) atoms. The van der Waals surface area contributed by atoms with Crippen molar-refractivity contribution in [2.75, 3.05) is 51.1 Å². The summed E-state index contributed by atoms with van der Waals surface area (Å²) in [5.41, 5.74) is 2.65. The molecule has 1 aromatic heterocycles. The van der Waals surface area contributed by atoms with E-state index in [0.29, 0.717) is 37.9 Å². The maximum absolute atomic E-state index is 13.4. The number of rotatable bonds is 6. The number of piperazine rings is 1. The van der Waals surface area contributed by atoms with Crippen molar-refractivity contribution in [1.29, 1.82) is 0 Å². The number of anilines is 1. The normalized spacial score (nSPS) is 19.2. The Morgan fingerprint density at radius 3 is 2.41 bits per heavy atom. The molecule has 1 atom stereocenters. The third kappa shape index (κ3) is 4.98. The predicted molar refractivity (Wildman–Crippen MR) is 112 cm³/mol. The molecule has 2 aliphatic rings. The van der Waals surface area contributed by atoms with Crippen LogP contribution in [0.1, 0.15) is 24.4 Å². The Balaban J connectivity index is 1.34. The van der Waals surface area contributed by atoms with Gasteiger partial charge in [0.25, 0.3) is 0 Å². The zero-order valence-electron chi connectivity index (χ0n) is 16.4. The number of nitrogens with one attached hydrogen (secondary N) is 1. The maximum Gasteiger partial charge on any atom is 0.244 e. The van der Waals surface area contributed by atoms with Crippen LogP contribution in [0.3, 0.4) is 0 Å². The van der Waals surface area contributed by atoms with Crippen LogP contribution in [0.25, 0.3) is 0 Å². The zero-order chi connectivity index (χ0) is 20.1. The minimum absolute atomic E-state index is 0.0965. The fourth-order valence-electron chi connectivity index (χ4n) is 4.03. The largest absolute Gasteiger partial charge is 0.338 e. The van der Waals surface area contributed by atoms with Gasteiger partial charge in [-0.2, -0.15) is 0 Å². The fourth-order valence-corrected chi connectivity index (χ4v) is 4.49. The van der Waals surface area contributed by atoms with Crippen LogP contribution in [0.5, 0.6) is 0 Å². The Labute approximate surface area is 174 Å². The highest BCUT2D eigenvalue weighted by Crippen LogP contribution is 2.27. The molecule has 0 spiro atoms. The second-order valence-electron chi connectivity index (χ2n) is 7.45. The molecule has 2 amide bonds. The summed E-state index contributed by atoms with van der Waals surface area (Å²) in [5, 5.41) is 10.8. The Morgan fingerprint density at radius 1 is 1.03 bits per heavy atom. The van der Waals surface area contributed by atoms with Crippen LogP contribution < -0.4 is 5.32 Å². The van der Waals surface area contributed by atoms with Crippen LogP contribution >= 0.6 is 11.3 Å². The summed E-state index contributed by atoms with van der Waals surface area (Å²) < 4.78 is 0. The first-order valence-electron chi connectivity index (χ1n) is 10.1. The number of carbonyl (C=O) groups is 2. The van der Waals surface area contributed by atoms with Gasteiger partial charge in [0, 0.05) is 26.2 Å². The third-order valence-corrected chi connectivity index (χ3v) is 6.12. The monoisotopic (exact) mass is 414 g/mol. The van der Waals surface area contributed by atoms with Crippen LogP contribution in [0.15, 0.2) is 35.8 Å². The van der Waals surface area contributed by atoms with Crippen molar-refractivity contribution in [3.05, 3.63) is 41.4 Å². The number of nitrogens with zero attached hydrogens (tertiary/aromatic N) is 5. The minimum Gasteiger partial charge on any atom is -0.338 e. The number of carbonyl (C=O) groups excluding carboxylic acids is 2. The van der Waals surface area contributed by atoms with Gasteiger partial charge in [0.15, 0.2) is 0 Å². The molecular weight excluding hydrogens is 388 g/mol. The molecule has 2 aliphatic heterocycles. The third-order valence-electron chi connectivity index (χ3n) is 5.51. The van der Waals surface area contributed by atoms with Gasteiger partial charge in [-0.05, 0) is 31.5 Å². The van der Waals surface area contributed by atoms with Crippen LogP contribution in [0, 0.1) is 0 Å². The van der Waals surface area contributed by atoms with E-state index in [1.807, 2.05) is 23.1 Å². The molecule has 0 aliphatic carbocycles. The van der Waals surface area contributed by atoms with E-state index in [4.69, 9.17) is 0 Å². The van der Waals surface area contributed by atoms with E-state index in [0.717, 1.165) is 31.5 Å². The Bertz CT molecular complexity index is 802. The number of hydrogen-bond donors (Lipinski definition) is 1. The van der Waals surface area contributed by atoms with Gasteiger partial charge in [-0.15, -0.1) is 10.2 Å². The first-order valence-corrected chi connectivity index (χ1v) is 10.9. The standard InChI is InChI=1S/C20H26N6O2S/c27-17(22-20-23-21-15-29-20)14-24-10-12-26(13-11-24)19(28)18(25-8-4-5-9-25)16-6-2-1-3-7-16/h1-3,6-7,15,18H,4-5,8-14H2,(H,22,23,27). The molecule has 1 aromatic carbocycles. The average molecular weight is 415 g/mol. The van der Waals surface area contributed by atoms with Gasteiger partial charge in [0.05, 0.1) is 6.54 Å². The van der Waals surface area contributed by atoms with Crippen molar-refractivity contribution in [2.24, 2.45) is 0 Å². The summed E-state index contributed by atoms with van der Waals surface area (Å²) in [6.07, 6.45) is 2.29. The molecule has 0 radical (unpaired) electrons. The highest BCUT2D eigenvalue weighted by molar-refractivity contribution is 7.13. The van der Waals surface area contributed by atoms with E-state index >= 15 is 0 Å². The van der Waals surface area contributed by atoms with E-state index in [1.54, 1.807) is 5.51 Å². The Kier molecular flexibility index (Phi) is 6.48. The van der Waals surface area contributed by atoms with Gasteiger partial charge in [-0.1, -0.05) is 41.7 Å². The smallest absolute Gasteiger partial charge is 0.244 e. The predicted octanol–water partition coefficient (Wildman–Crippen LogP) is 1.46. The molecule has 2 saturated heterocycles. The molecular formula is C20H26N6O2S. The second kappa shape index (κ2) is 9.43. The average Bonchev–Trinajstić information content (AvgIpc) is 3.44. The number of aromatic nitrogens is 2. The quantitative estimate of drug-likeness (QED) is 0.771. The van der Waals surface area contributed by atoms with Gasteiger partial charge < -0.3 is 4.90 Å². The highest BCUT2D eigenvalue weighted by atomic mass is 32.1. The van der Waals surface area contributed by atoms with E-state index < -0.39 is 0 Å². The van der Waals surface area contributed by atoms with Crippen molar-refractivity contribution in [3.63, 3.8) is 0 Å². The van der Waals surface area contributed by atoms with Crippen LogP contribution in [0.2, 0.25) is 0 Å². The lowest BCUT2D eigenvalue weighted by atomic mass is 10.0. The molecule has 0 bridgehead atoms. The fraction of sp³-hybridized carbons (Fsp3) is 0.500. The number of benzene rings is 1.